The molecule has 4 rings (SSSR count). The molecule has 34 heavy (non-hydrogen) atoms. The summed E-state index contributed by atoms with van der Waals surface area (Å²) in [7, 11) is -4.07. The van der Waals surface area contributed by atoms with Crippen LogP contribution in [0.5, 0.6) is 0 Å². The van der Waals surface area contributed by atoms with Crippen LogP contribution in [0.15, 0.2) is 34.8 Å². The molecule has 2 aromatic heterocycles. The highest BCUT2D eigenvalue weighted by Gasteiger charge is 2.36. The van der Waals surface area contributed by atoms with E-state index in [2.05, 4.69) is 20.2 Å². The average Bonchev–Trinajstić information content (AvgIpc) is 3.15. The SMILES string of the molecule is Cc1csc2c(NC(C)CN3CCN(S(=O)(=O)c4ccc(Cl)c(C(F)(F)F)c4)CC3)ncnc12. The quantitative estimate of drug-likeness (QED) is 0.503. The monoisotopic (exact) mass is 533 g/mol. The van der Waals surface area contributed by atoms with Crippen molar-refractivity contribution in [1.29, 1.82) is 0 Å². The Morgan fingerprint density at radius 2 is 1.91 bits per heavy atom. The van der Waals surface area contributed by atoms with Crippen molar-refractivity contribution < 1.29 is 21.6 Å². The van der Waals surface area contributed by atoms with Gasteiger partial charge in [-0.15, -0.1) is 11.3 Å². The zero-order valence-electron chi connectivity index (χ0n) is 18.4. The maximum atomic E-state index is 13.2. The van der Waals surface area contributed by atoms with Crippen LogP contribution in [0, 0.1) is 6.92 Å². The number of fused-ring (bicyclic) bond motifs is 1. The van der Waals surface area contributed by atoms with Crippen LogP contribution in [-0.2, 0) is 16.2 Å². The fourth-order valence-electron chi connectivity index (χ4n) is 3.92. The number of anilines is 1. The van der Waals surface area contributed by atoms with Crippen molar-refractivity contribution in [3.05, 3.63) is 46.1 Å². The zero-order chi connectivity index (χ0) is 24.7. The summed E-state index contributed by atoms with van der Waals surface area (Å²) in [6.07, 6.45) is -3.21. The minimum absolute atomic E-state index is 0.0364. The smallest absolute Gasteiger partial charge is 0.365 e. The van der Waals surface area contributed by atoms with Gasteiger partial charge < -0.3 is 5.32 Å². The lowest BCUT2D eigenvalue weighted by Crippen LogP contribution is -2.50. The lowest BCUT2D eigenvalue weighted by molar-refractivity contribution is -0.137. The number of thiophene rings is 1. The average molecular weight is 534 g/mol. The van der Waals surface area contributed by atoms with Gasteiger partial charge >= 0.3 is 6.18 Å². The van der Waals surface area contributed by atoms with E-state index < -0.39 is 31.7 Å². The second-order valence-electron chi connectivity index (χ2n) is 8.21. The first-order valence-corrected chi connectivity index (χ1v) is 13.2. The Kier molecular flexibility index (Phi) is 7.07. The van der Waals surface area contributed by atoms with E-state index in [1.54, 1.807) is 11.3 Å². The predicted octanol–water partition coefficient (Wildman–Crippen LogP) is 4.48. The molecule has 1 saturated heterocycles. The van der Waals surface area contributed by atoms with E-state index in [0.29, 0.717) is 25.7 Å². The van der Waals surface area contributed by atoms with E-state index in [0.717, 1.165) is 33.7 Å². The molecule has 1 N–H and O–H groups in total. The minimum atomic E-state index is -4.73. The van der Waals surface area contributed by atoms with Crippen LogP contribution >= 0.6 is 22.9 Å². The van der Waals surface area contributed by atoms with Crippen molar-refractivity contribution in [2.75, 3.05) is 38.0 Å². The molecule has 13 heteroatoms. The summed E-state index contributed by atoms with van der Waals surface area (Å²) in [6.45, 7) is 5.96. The molecule has 184 valence electrons. The number of halogens is 4. The van der Waals surface area contributed by atoms with Crippen LogP contribution in [0.2, 0.25) is 5.02 Å². The molecule has 0 aliphatic carbocycles. The number of sulfonamides is 1. The summed E-state index contributed by atoms with van der Waals surface area (Å²) in [5.74, 6) is 0.764. The number of benzene rings is 1. The number of aryl methyl sites for hydroxylation is 1. The van der Waals surface area contributed by atoms with Crippen molar-refractivity contribution in [1.82, 2.24) is 19.2 Å². The minimum Gasteiger partial charge on any atom is -0.365 e. The van der Waals surface area contributed by atoms with Crippen LogP contribution < -0.4 is 5.32 Å². The molecule has 0 amide bonds. The van der Waals surface area contributed by atoms with Crippen molar-refractivity contribution in [3.63, 3.8) is 0 Å². The van der Waals surface area contributed by atoms with E-state index in [1.165, 1.54) is 10.6 Å². The van der Waals surface area contributed by atoms with Crippen LogP contribution in [0.3, 0.4) is 0 Å². The Labute approximate surface area is 204 Å². The van der Waals surface area contributed by atoms with E-state index in [-0.39, 0.29) is 19.1 Å². The first-order chi connectivity index (χ1) is 16.0. The second-order valence-corrected chi connectivity index (χ2v) is 11.4. The van der Waals surface area contributed by atoms with Gasteiger partial charge in [0.1, 0.15) is 12.1 Å². The Morgan fingerprint density at radius 1 is 1.21 bits per heavy atom. The normalized spacial score (nSPS) is 17.2. The molecular weight excluding hydrogens is 511 g/mol. The van der Waals surface area contributed by atoms with E-state index in [4.69, 9.17) is 11.6 Å². The van der Waals surface area contributed by atoms with Gasteiger partial charge in [-0.2, -0.15) is 17.5 Å². The highest BCUT2D eigenvalue weighted by atomic mass is 35.5. The van der Waals surface area contributed by atoms with Crippen molar-refractivity contribution in [3.8, 4) is 0 Å². The number of aromatic nitrogens is 2. The van der Waals surface area contributed by atoms with Gasteiger partial charge in [0.05, 0.1) is 25.7 Å². The van der Waals surface area contributed by atoms with E-state index >= 15 is 0 Å². The summed E-state index contributed by atoms with van der Waals surface area (Å²) >= 11 is 7.21. The van der Waals surface area contributed by atoms with Gasteiger partial charge in [0, 0.05) is 38.8 Å². The van der Waals surface area contributed by atoms with Gasteiger partial charge in [0.2, 0.25) is 10.0 Å². The number of rotatable bonds is 6. The third kappa shape index (κ3) is 5.15. The standard InChI is InChI=1S/C21H23ClF3N5O2S2/c1-13-11-33-19-18(13)26-12-27-20(19)28-14(2)10-29-5-7-30(8-6-29)34(31,32)15-3-4-17(22)16(9-15)21(23,24)25/h3-4,9,11-12,14H,5-8,10H2,1-2H3,(H,26,27,28). The zero-order valence-corrected chi connectivity index (χ0v) is 20.8. The molecule has 1 aliphatic rings. The van der Waals surface area contributed by atoms with Crippen molar-refractivity contribution in [2.45, 2.75) is 31.0 Å². The molecule has 1 unspecified atom stereocenters. The van der Waals surface area contributed by atoms with Gasteiger partial charge in [-0.05, 0) is 43.0 Å². The predicted molar refractivity (Wildman–Crippen MR) is 127 cm³/mol. The largest absolute Gasteiger partial charge is 0.417 e. The maximum absolute atomic E-state index is 13.2. The molecular formula is C21H23ClF3N5O2S2. The first kappa shape index (κ1) is 25.1. The maximum Gasteiger partial charge on any atom is 0.417 e. The molecule has 0 spiro atoms. The fraction of sp³-hybridized carbons (Fsp3) is 0.429. The summed E-state index contributed by atoms with van der Waals surface area (Å²) in [4.78, 5) is 10.4. The lowest BCUT2D eigenvalue weighted by Gasteiger charge is -2.35. The Bertz CT molecular complexity index is 1290. The van der Waals surface area contributed by atoms with Crippen LogP contribution in [-0.4, -0.2) is 66.4 Å². The molecule has 0 saturated carbocycles. The highest BCUT2D eigenvalue weighted by Crippen LogP contribution is 2.36. The van der Waals surface area contributed by atoms with Crippen molar-refractivity contribution >= 4 is 49.0 Å². The van der Waals surface area contributed by atoms with Gasteiger partial charge in [-0.25, -0.2) is 18.4 Å². The summed E-state index contributed by atoms with van der Waals surface area (Å²) < 4.78 is 67.6. The lowest BCUT2D eigenvalue weighted by atomic mass is 10.2. The number of nitrogens with one attached hydrogen (secondary N) is 1. The van der Waals surface area contributed by atoms with Gasteiger partial charge in [-0.3, -0.25) is 4.90 Å². The van der Waals surface area contributed by atoms with Crippen molar-refractivity contribution in [2.24, 2.45) is 0 Å². The molecule has 1 atom stereocenters. The molecule has 3 aromatic rings. The molecule has 1 fully saturated rings. The fourth-order valence-corrected chi connectivity index (χ4v) is 6.55. The molecule has 0 radical (unpaired) electrons. The van der Waals surface area contributed by atoms with Crippen LogP contribution in [0.1, 0.15) is 18.1 Å². The summed E-state index contributed by atoms with van der Waals surface area (Å²) in [5.41, 5.74) is 0.858. The molecule has 0 bridgehead atoms. The third-order valence-corrected chi connectivity index (χ3v) is 8.98. The van der Waals surface area contributed by atoms with E-state index in [9.17, 15) is 21.6 Å². The van der Waals surface area contributed by atoms with Gasteiger partial charge in [0.15, 0.2) is 0 Å². The number of alkyl halides is 3. The Hall–Kier alpha value is -1.99. The van der Waals surface area contributed by atoms with Crippen LogP contribution in [0.25, 0.3) is 10.2 Å². The molecule has 3 heterocycles. The number of piperazine rings is 1. The van der Waals surface area contributed by atoms with Gasteiger partial charge in [0.25, 0.3) is 0 Å². The van der Waals surface area contributed by atoms with E-state index in [1.807, 2.05) is 19.2 Å². The van der Waals surface area contributed by atoms with Crippen LogP contribution in [0.4, 0.5) is 19.0 Å². The molecule has 1 aliphatic heterocycles. The first-order valence-electron chi connectivity index (χ1n) is 10.5. The number of hydrogen-bond acceptors (Lipinski definition) is 7. The summed E-state index contributed by atoms with van der Waals surface area (Å²) in [5, 5.41) is 4.91. The van der Waals surface area contributed by atoms with Gasteiger partial charge in [-0.1, -0.05) is 11.6 Å². The number of hydrogen-bond donors (Lipinski definition) is 1. The molecule has 1 aromatic carbocycles. The number of nitrogens with zero attached hydrogens (tertiary/aromatic N) is 4. The topological polar surface area (TPSA) is 78.4 Å². The Morgan fingerprint density at radius 3 is 2.59 bits per heavy atom. The Balaban J connectivity index is 1.38. The third-order valence-electron chi connectivity index (χ3n) is 5.66. The molecule has 7 nitrogen and oxygen atoms in total. The second kappa shape index (κ2) is 9.57. The summed E-state index contributed by atoms with van der Waals surface area (Å²) in [6, 6.07) is 2.72. The highest BCUT2D eigenvalue weighted by molar-refractivity contribution is 7.89.